The number of hydrogen-bond donors (Lipinski definition) is 1. The highest BCUT2D eigenvalue weighted by Crippen LogP contribution is 2.43. The van der Waals surface area contributed by atoms with Gasteiger partial charge < -0.3 is 23.6 Å². The topological polar surface area (TPSA) is 136 Å². The van der Waals surface area contributed by atoms with E-state index in [4.69, 9.17) is 28.3 Å². The van der Waals surface area contributed by atoms with Crippen LogP contribution in [0.15, 0.2) is 60.9 Å². The second-order valence-electron chi connectivity index (χ2n) is 15.7. The lowest BCUT2D eigenvalue weighted by atomic mass is 10.2. The maximum Gasteiger partial charge on any atom is 0.292 e. The largest absolute Gasteiger partial charge is 0.471 e. The Bertz CT molecular complexity index is 1770. The molecule has 264 valence electrons. The molecule has 0 saturated carbocycles. The van der Waals surface area contributed by atoms with Gasteiger partial charge in [0, 0.05) is 12.5 Å². The average molecular weight is 707 g/mol. The predicted octanol–water partition coefficient (Wildman–Crippen LogP) is 8.76. The molecule has 0 unspecified atom stereocenters. The van der Waals surface area contributed by atoms with Crippen LogP contribution in [-0.4, -0.2) is 59.9 Å². The van der Waals surface area contributed by atoms with Crippen molar-refractivity contribution < 1.29 is 23.2 Å². The fourth-order valence-corrected chi connectivity index (χ4v) is 7.42. The lowest BCUT2D eigenvalue weighted by Gasteiger charge is -2.40. The Morgan fingerprint density at radius 3 is 2.27 bits per heavy atom. The first-order chi connectivity index (χ1) is 22.9. The van der Waals surface area contributed by atoms with Crippen molar-refractivity contribution in [1.29, 1.82) is 0 Å². The first kappa shape index (κ1) is 36.6. The van der Waals surface area contributed by atoms with E-state index in [1.807, 2.05) is 34.9 Å². The van der Waals surface area contributed by atoms with Gasteiger partial charge in [0.1, 0.15) is 24.6 Å². The molecule has 0 radical (unpaired) electrons. The van der Waals surface area contributed by atoms with Gasteiger partial charge in [-0.3, -0.25) is 14.7 Å². The van der Waals surface area contributed by atoms with Gasteiger partial charge >= 0.3 is 0 Å². The SMILES string of the molecule is CC(C)(C)[Si](C)(C)OC[C@H]1O[C@@H](n2cnc3c(OCc4ccccc4)nc(Nc4ccccc4[N+](=O)[O-])nc32)C[C@@H]1O[Si](C)(C)C(C)(C)C. The van der Waals surface area contributed by atoms with Gasteiger partial charge in [-0.1, -0.05) is 84.0 Å². The smallest absolute Gasteiger partial charge is 0.292 e. The first-order valence-corrected chi connectivity index (χ1v) is 22.6. The number of nitrogens with one attached hydrogen (secondary N) is 1. The van der Waals surface area contributed by atoms with Crippen LogP contribution >= 0.6 is 0 Å². The zero-order valence-corrected chi connectivity index (χ0v) is 32.3. The van der Waals surface area contributed by atoms with Crippen molar-refractivity contribution in [3.8, 4) is 5.88 Å². The summed E-state index contributed by atoms with van der Waals surface area (Å²) in [5, 5.41) is 14.9. The summed E-state index contributed by atoms with van der Waals surface area (Å²) in [6.45, 7) is 23.0. The van der Waals surface area contributed by atoms with Gasteiger partial charge in [0.2, 0.25) is 11.8 Å². The van der Waals surface area contributed by atoms with Gasteiger partial charge in [0.15, 0.2) is 27.8 Å². The second kappa shape index (κ2) is 13.9. The van der Waals surface area contributed by atoms with E-state index in [0.29, 0.717) is 24.2 Å². The summed E-state index contributed by atoms with van der Waals surface area (Å²) in [5.74, 6) is 0.384. The number of nitrogens with zero attached hydrogens (tertiary/aromatic N) is 5. The number of nitro benzene ring substituents is 1. The van der Waals surface area contributed by atoms with Crippen LogP contribution in [0.2, 0.25) is 36.3 Å². The molecule has 0 aliphatic carbocycles. The van der Waals surface area contributed by atoms with Crippen molar-refractivity contribution in [3.63, 3.8) is 0 Å². The third-order valence-corrected chi connectivity index (χ3v) is 19.1. The molecule has 49 heavy (non-hydrogen) atoms. The molecule has 1 saturated heterocycles. The third kappa shape index (κ3) is 8.20. The van der Waals surface area contributed by atoms with E-state index in [1.165, 1.54) is 6.07 Å². The molecule has 0 spiro atoms. The molecule has 0 bridgehead atoms. The lowest BCUT2D eigenvalue weighted by Crippen LogP contribution is -2.48. The molecule has 1 N–H and O–H groups in total. The molecular weight excluding hydrogens is 657 g/mol. The van der Waals surface area contributed by atoms with Crippen LogP contribution in [0.25, 0.3) is 11.2 Å². The number of hydrogen-bond acceptors (Lipinski definition) is 10. The number of rotatable bonds is 12. The van der Waals surface area contributed by atoms with E-state index in [9.17, 15) is 10.1 Å². The van der Waals surface area contributed by atoms with Gasteiger partial charge in [0.25, 0.3) is 5.69 Å². The Kier molecular flexibility index (Phi) is 10.4. The summed E-state index contributed by atoms with van der Waals surface area (Å²) in [6, 6.07) is 16.1. The molecule has 5 rings (SSSR count). The number of benzene rings is 2. The van der Waals surface area contributed by atoms with Gasteiger partial charge in [-0.2, -0.15) is 9.97 Å². The van der Waals surface area contributed by atoms with Crippen LogP contribution in [0.3, 0.4) is 0 Å². The highest BCUT2D eigenvalue weighted by atomic mass is 28.4. The van der Waals surface area contributed by atoms with Gasteiger partial charge in [-0.05, 0) is 47.9 Å². The highest BCUT2D eigenvalue weighted by molar-refractivity contribution is 6.74. The maximum atomic E-state index is 11.8. The molecule has 1 aliphatic rings. The predicted molar refractivity (Wildman–Crippen MR) is 196 cm³/mol. The van der Waals surface area contributed by atoms with Crippen LogP contribution in [0, 0.1) is 10.1 Å². The maximum absolute atomic E-state index is 11.8. The van der Waals surface area contributed by atoms with Crippen molar-refractivity contribution >= 4 is 45.1 Å². The van der Waals surface area contributed by atoms with Crippen molar-refractivity contribution in [3.05, 3.63) is 76.6 Å². The molecule has 3 heterocycles. The Labute approximate surface area is 291 Å². The van der Waals surface area contributed by atoms with E-state index >= 15 is 0 Å². The number of nitro groups is 1. The molecule has 0 amide bonds. The van der Waals surface area contributed by atoms with E-state index in [0.717, 1.165) is 5.56 Å². The van der Waals surface area contributed by atoms with E-state index in [2.05, 4.69) is 78.0 Å². The van der Waals surface area contributed by atoms with Crippen molar-refractivity contribution in [2.45, 2.75) is 109 Å². The Morgan fingerprint density at radius 2 is 1.61 bits per heavy atom. The summed E-state index contributed by atoms with van der Waals surface area (Å²) < 4.78 is 28.6. The number of imidazole rings is 1. The summed E-state index contributed by atoms with van der Waals surface area (Å²) in [6.07, 6.45) is 1.30. The molecule has 12 nitrogen and oxygen atoms in total. The average Bonchev–Trinajstić information content (AvgIpc) is 3.62. The van der Waals surface area contributed by atoms with Crippen LogP contribution in [0.4, 0.5) is 17.3 Å². The lowest BCUT2D eigenvalue weighted by molar-refractivity contribution is -0.383. The molecule has 1 aliphatic heterocycles. The van der Waals surface area contributed by atoms with E-state index in [-0.39, 0.29) is 52.1 Å². The van der Waals surface area contributed by atoms with E-state index in [1.54, 1.807) is 24.5 Å². The third-order valence-electron chi connectivity index (χ3n) is 10.1. The number of fused-ring (bicyclic) bond motifs is 1. The minimum absolute atomic E-state index is 0.0104. The zero-order valence-electron chi connectivity index (χ0n) is 30.3. The summed E-state index contributed by atoms with van der Waals surface area (Å²) in [4.78, 5) is 25.5. The Morgan fingerprint density at radius 1 is 0.959 bits per heavy atom. The van der Waals surface area contributed by atoms with Crippen molar-refractivity contribution in [2.75, 3.05) is 11.9 Å². The Balaban J connectivity index is 1.52. The van der Waals surface area contributed by atoms with Crippen LogP contribution in [0.5, 0.6) is 5.88 Å². The molecule has 3 atom stereocenters. The van der Waals surface area contributed by atoms with Crippen LogP contribution in [-0.2, 0) is 20.2 Å². The Hall–Kier alpha value is -3.70. The van der Waals surface area contributed by atoms with Crippen LogP contribution < -0.4 is 10.1 Å². The first-order valence-electron chi connectivity index (χ1n) is 16.8. The van der Waals surface area contributed by atoms with Crippen molar-refractivity contribution in [2.24, 2.45) is 0 Å². The minimum Gasteiger partial charge on any atom is -0.471 e. The molecule has 1 fully saturated rings. The van der Waals surface area contributed by atoms with Gasteiger partial charge in [-0.25, -0.2) is 4.98 Å². The second-order valence-corrected chi connectivity index (χ2v) is 25.3. The molecular formula is C35H50N6O6Si2. The zero-order chi connectivity index (χ0) is 35.8. The number of aromatic nitrogens is 4. The molecule has 2 aromatic carbocycles. The minimum atomic E-state index is -2.17. The highest BCUT2D eigenvalue weighted by Gasteiger charge is 2.47. The van der Waals surface area contributed by atoms with E-state index < -0.39 is 27.8 Å². The molecule has 2 aromatic heterocycles. The monoisotopic (exact) mass is 706 g/mol. The number of ether oxygens (including phenoxy) is 2. The molecule has 4 aromatic rings. The summed E-state index contributed by atoms with van der Waals surface area (Å²) in [5.41, 5.74) is 2.04. The fraction of sp³-hybridized carbons (Fsp3) is 0.514. The van der Waals surface area contributed by atoms with Gasteiger partial charge in [0.05, 0.1) is 24.0 Å². The number of anilines is 2. The molecule has 14 heteroatoms. The standard InChI is InChI=1S/C35H50N6O6Si2/c1-34(2,3)48(7,8)45-22-28-27(47-49(9,10)35(4,5)6)20-29(46-28)40-23-36-30-31(40)38-33(37-25-18-14-15-19-26(25)41(42)43)39-32(30)44-21-24-16-12-11-13-17-24/h11-19,23,27-29H,20-22H2,1-10H3,(H,37,38,39)/t27-,28+,29+/m0/s1. The fourth-order valence-electron chi connectivity index (χ4n) is 5.05. The summed E-state index contributed by atoms with van der Waals surface area (Å²) in [7, 11) is -4.24. The van der Waals surface area contributed by atoms with Crippen LogP contribution in [0.1, 0.15) is 59.8 Å². The number of para-hydroxylation sites is 2. The quantitative estimate of drug-likeness (QED) is 0.0865. The van der Waals surface area contributed by atoms with Gasteiger partial charge in [-0.15, -0.1) is 0 Å². The summed E-state index contributed by atoms with van der Waals surface area (Å²) >= 11 is 0. The van der Waals surface area contributed by atoms with Crippen molar-refractivity contribution in [1.82, 2.24) is 19.5 Å². The normalized spacial score (nSPS) is 18.9.